The van der Waals surface area contributed by atoms with E-state index in [-0.39, 0.29) is 5.91 Å². The SMILES string of the molecule is C=CC(=C)c1cc(C(=O)N(C)C)nn1C. The van der Waals surface area contributed by atoms with Gasteiger partial charge in [-0.1, -0.05) is 19.2 Å². The summed E-state index contributed by atoms with van der Waals surface area (Å²) in [6.07, 6.45) is 1.64. The third-order valence-electron chi connectivity index (χ3n) is 2.08. The van der Waals surface area contributed by atoms with Crippen molar-refractivity contribution in [3.8, 4) is 0 Å². The molecule has 0 aliphatic heterocycles. The topological polar surface area (TPSA) is 38.1 Å². The number of carbonyl (C=O) groups excluding carboxylic acids is 1. The van der Waals surface area contributed by atoms with Gasteiger partial charge in [0.15, 0.2) is 5.69 Å². The second kappa shape index (κ2) is 4.13. The van der Waals surface area contributed by atoms with E-state index in [0.29, 0.717) is 5.69 Å². The molecule has 0 N–H and O–H groups in total. The molecule has 0 aromatic carbocycles. The first kappa shape index (κ1) is 11.2. The maximum atomic E-state index is 11.6. The van der Waals surface area contributed by atoms with Crippen LogP contribution in [-0.4, -0.2) is 34.7 Å². The van der Waals surface area contributed by atoms with E-state index in [1.54, 1.807) is 38.0 Å². The highest BCUT2D eigenvalue weighted by Crippen LogP contribution is 2.14. The lowest BCUT2D eigenvalue weighted by molar-refractivity contribution is 0.0821. The highest BCUT2D eigenvalue weighted by molar-refractivity contribution is 5.93. The van der Waals surface area contributed by atoms with E-state index in [2.05, 4.69) is 18.3 Å². The Morgan fingerprint density at radius 3 is 2.67 bits per heavy atom. The zero-order valence-electron chi connectivity index (χ0n) is 9.32. The van der Waals surface area contributed by atoms with E-state index >= 15 is 0 Å². The van der Waals surface area contributed by atoms with Gasteiger partial charge in [0.25, 0.3) is 5.91 Å². The molecule has 0 atom stereocenters. The smallest absolute Gasteiger partial charge is 0.273 e. The van der Waals surface area contributed by atoms with E-state index in [0.717, 1.165) is 11.3 Å². The summed E-state index contributed by atoms with van der Waals surface area (Å²) in [6.45, 7) is 7.45. The molecule has 0 saturated carbocycles. The van der Waals surface area contributed by atoms with E-state index in [4.69, 9.17) is 0 Å². The van der Waals surface area contributed by atoms with Gasteiger partial charge in [0.1, 0.15) is 0 Å². The number of hydrogen-bond acceptors (Lipinski definition) is 2. The van der Waals surface area contributed by atoms with Gasteiger partial charge in [-0.15, -0.1) is 0 Å². The van der Waals surface area contributed by atoms with Crippen LogP contribution >= 0.6 is 0 Å². The summed E-state index contributed by atoms with van der Waals surface area (Å²) in [6, 6.07) is 1.71. The lowest BCUT2D eigenvalue weighted by atomic mass is 10.2. The normalized spacial score (nSPS) is 9.80. The van der Waals surface area contributed by atoms with Gasteiger partial charge in [0.05, 0.1) is 5.69 Å². The lowest BCUT2D eigenvalue weighted by Crippen LogP contribution is -2.22. The van der Waals surface area contributed by atoms with Crippen LogP contribution in [0.2, 0.25) is 0 Å². The Hall–Kier alpha value is -1.84. The number of allylic oxidation sites excluding steroid dienone is 2. The highest BCUT2D eigenvalue weighted by Gasteiger charge is 2.14. The van der Waals surface area contributed by atoms with E-state index in [9.17, 15) is 4.79 Å². The van der Waals surface area contributed by atoms with Gasteiger partial charge in [-0.2, -0.15) is 5.10 Å². The van der Waals surface area contributed by atoms with E-state index in [1.807, 2.05) is 0 Å². The molecular formula is C11H15N3O. The van der Waals surface area contributed by atoms with Crippen LogP contribution < -0.4 is 0 Å². The summed E-state index contributed by atoms with van der Waals surface area (Å²) >= 11 is 0. The highest BCUT2D eigenvalue weighted by atomic mass is 16.2. The van der Waals surface area contributed by atoms with Crippen molar-refractivity contribution in [3.63, 3.8) is 0 Å². The number of carbonyl (C=O) groups is 1. The first-order valence-electron chi connectivity index (χ1n) is 4.54. The summed E-state index contributed by atoms with van der Waals surface area (Å²) in [5.41, 5.74) is 1.97. The molecule has 1 rings (SSSR count). The predicted molar refractivity (Wildman–Crippen MR) is 60.5 cm³/mol. The van der Waals surface area contributed by atoms with Crippen molar-refractivity contribution in [1.82, 2.24) is 14.7 Å². The molecule has 0 aliphatic rings. The number of aryl methyl sites for hydroxylation is 1. The Morgan fingerprint density at radius 2 is 2.20 bits per heavy atom. The predicted octanol–water partition coefficient (Wildman–Crippen LogP) is 1.32. The molecule has 1 amide bonds. The third-order valence-corrected chi connectivity index (χ3v) is 2.08. The Bertz CT molecular complexity index is 415. The minimum absolute atomic E-state index is 0.117. The Balaban J connectivity index is 3.11. The van der Waals surface area contributed by atoms with Gasteiger partial charge in [0.2, 0.25) is 0 Å². The van der Waals surface area contributed by atoms with Gasteiger partial charge in [-0.25, -0.2) is 0 Å². The van der Waals surface area contributed by atoms with Gasteiger partial charge < -0.3 is 4.90 Å². The minimum Gasteiger partial charge on any atom is -0.343 e. The van der Waals surface area contributed by atoms with Crippen LogP contribution in [0.4, 0.5) is 0 Å². The maximum Gasteiger partial charge on any atom is 0.273 e. The van der Waals surface area contributed by atoms with Crippen molar-refractivity contribution >= 4 is 11.5 Å². The average molecular weight is 205 g/mol. The molecule has 1 aromatic rings. The standard InChI is InChI=1S/C11H15N3O/c1-6-8(2)10-7-9(12-14(10)5)11(15)13(3)4/h6-7H,1-2H2,3-5H3. The molecular weight excluding hydrogens is 190 g/mol. The summed E-state index contributed by atoms with van der Waals surface area (Å²) in [7, 11) is 5.16. The molecule has 0 aliphatic carbocycles. The van der Waals surface area contributed by atoms with Crippen LogP contribution in [0.3, 0.4) is 0 Å². The molecule has 0 radical (unpaired) electrons. The molecule has 1 heterocycles. The van der Waals surface area contributed by atoms with Crippen LogP contribution in [0.15, 0.2) is 25.3 Å². The van der Waals surface area contributed by atoms with Crippen LogP contribution in [0, 0.1) is 0 Å². The van der Waals surface area contributed by atoms with Gasteiger partial charge in [-0.05, 0) is 11.6 Å². The molecule has 4 nitrogen and oxygen atoms in total. The molecule has 15 heavy (non-hydrogen) atoms. The summed E-state index contributed by atoms with van der Waals surface area (Å²) < 4.78 is 1.63. The van der Waals surface area contributed by atoms with Crippen LogP contribution in [-0.2, 0) is 7.05 Å². The van der Waals surface area contributed by atoms with Gasteiger partial charge >= 0.3 is 0 Å². The summed E-state index contributed by atoms with van der Waals surface area (Å²) in [5.74, 6) is -0.117. The molecule has 0 saturated heterocycles. The van der Waals surface area contributed by atoms with Crippen molar-refractivity contribution < 1.29 is 4.79 Å². The van der Waals surface area contributed by atoms with Crippen LogP contribution in [0.1, 0.15) is 16.2 Å². The molecule has 4 heteroatoms. The van der Waals surface area contributed by atoms with Crippen LogP contribution in [0.5, 0.6) is 0 Å². The van der Waals surface area contributed by atoms with E-state index < -0.39 is 0 Å². The fraction of sp³-hybridized carbons (Fsp3) is 0.273. The van der Waals surface area contributed by atoms with Crippen molar-refractivity contribution in [2.45, 2.75) is 0 Å². The average Bonchev–Trinajstić information content (AvgIpc) is 2.57. The molecule has 80 valence electrons. The molecule has 1 aromatic heterocycles. The quantitative estimate of drug-likeness (QED) is 0.698. The minimum atomic E-state index is -0.117. The number of rotatable bonds is 3. The zero-order valence-corrected chi connectivity index (χ0v) is 9.32. The lowest BCUT2D eigenvalue weighted by Gasteiger charge is -2.06. The van der Waals surface area contributed by atoms with Gasteiger partial charge in [-0.3, -0.25) is 9.48 Å². The molecule has 0 bridgehead atoms. The Kier molecular flexibility index (Phi) is 3.09. The monoisotopic (exact) mass is 205 g/mol. The maximum absolute atomic E-state index is 11.6. The zero-order chi connectivity index (χ0) is 11.6. The van der Waals surface area contributed by atoms with E-state index in [1.165, 1.54) is 4.90 Å². The van der Waals surface area contributed by atoms with Crippen molar-refractivity contribution in [3.05, 3.63) is 36.7 Å². The molecule has 0 fully saturated rings. The number of amides is 1. The van der Waals surface area contributed by atoms with Gasteiger partial charge in [0, 0.05) is 21.1 Å². The van der Waals surface area contributed by atoms with Crippen molar-refractivity contribution in [2.24, 2.45) is 7.05 Å². The second-order valence-electron chi connectivity index (χ2n) is 3.47. The first-order chi connectivity index (χ1) is 6.97. The largest absolute Gasteiger partial charge is 0.343 e. The number of aromatic nitrogens is 2. The number of nitrogens with zero attached hydrogens (tertiary/aromatic N) is 3. The molecule has 0 unspecified atom stereocenters. The van der Waals surface area contributed by atoms with Crippen LogP contribution in [0.25, 0.3) is 5.57 Å². The molecule has 0 spiro atoms. The Morgan fingerprint density at radius 1 is 1.60 bits per heavy atom. The number of hydrogen-bond donors (Lipinski definition) is 0. The first-order valence-corrected chi connectivity index (χ1v) is 4.54. The fourth-order valence-electron chi connectivity index (χ4n) is 1.21. The summed E-state index contributed by atoms with van der Waals surface area (Å²) in [4.78, 5) is 13.1. The third kappa shape index (κ3) is 2.15. The fourth-order valence-corrected chi connectivity index (χ4v) is 1.21. The summed E-state index contributed by atoms with van der Waals surface area (Å²) in [5, 5.41) is 4.12. The van der Waals surface area contributed by atoms with Crippen molar-refractivity contribution in [2.75, 3.05) is 14.1 Å². The Labute approximate surface area is 89.5 Å². The van der Waals surface area contributed by atoms with Crippen molar-refractivity contribution in [1.29, 1.82) is 0 Å². The second-order valence-corrected chi connectivity index (χ2v) is 3.47.